The molecule has 0 amide bonds. The van der Waals surface area contributed by atoms with E-state index in [1.54, 1.807) is 0 Å². The van der Waals surface area contributed by atoms with Crippen molar-refractivity contribution in [3.05, 3.63) is 102 Å². The summed E-state index contributed by atoms with van der Waals surface area (Å²) in [4.78, 5) is 10.2. The summed E-state index contributed by atoms with van der Waals surface area (Å²) in [5, 5.41) is 14.7. The molecule has 0 saturated heterocycles. The minimum absolute atomic E-state index is 0.530. The summed E-state index contributed by atoms with van der Waals surface area (Å²) in [6.07, 6.45) is 2.40. The Bertz CT molecular complexity index is 2040. The number of para-hydroxylation sites is 2. The lowest BCUT2D eigenvalue weighted by Crippen LogP contribution is -2.04. The van der Waals surface area contributed by atoms with Crippen molar-refractivity contribution in [2.45, 2.75) is 32.2 Å². The maximum atomic E-state index is 5.19. The Labute approximate surface area is 236 Å². The van der Waals surface area contributed by atoms with E-state index in [0.717, 1.165) is 51.2 Å². The largest absolute Gasteiger partial charge is 0.327 e. The molecule has 1 saturated carbocycles. The molecule has 7 aromatic rings. The second-order valence-electron chi connectivity index (χ2n) is 11.0. The Morgan fingerprint density at radius 3 is 2.37 bits per heavy atom. The molecule has 0 atom stereocenters. The number of benzene rings is 4. The maximum Gasteiger partial charge on any atom is 0.205 e. The van der Waals surface area contributed by atoms with Gasteiger partial charge in [-0.25, -0.2) is 9.97 Å². The third-order valence-electron chi connectivity index (χ3n) is 8.18. The van der Waals surface area contributed by atoms with Gasteiger partial charge in [0.15, 0.2) is 0 Å². The molecule has 41 heavy (non-hydrogen) atoms. The van der Waals surface area contributed by atoms with Gasteiger partial charge in [-0.05, 0) is 71.5 Å². The molecule has 1 aliphatic rings. The van der Waals surface area contributed by atoms with Crippen molar-refractivity contribution < 1.29 is 0 Å². The fraction of sp³-hybridized carbons (Fsp3) is 0.182. The fourth-order valence-corrected chi connectivity index (χ4v) is 5.94. The Morgan fingerprint density at radius 1 is 0.829 bits per heavy atom. The third kappa shape index (κ3) is 4.02. The van der Waals surface area contributed by atoms with E-state index in [2.05, 4.69) is 104 Å². The van der Waals surface area contributed by atoms with Crippen LogP contribution < -0.4 is 0 Å². The lowest BCUT2D eigenvalue weighted by Gasteiger charge is -2.12. The highest BCUT2D eigenvalue weighted by atomic mass is 15.5. The molecule has 3 heterocycles. The van der Waals surface area contributed by atoms with Crippen LogP contribution in [0.1, 0.15) is 35.7 Å². The molecule has 1 fully saturated rings. The highest BCUT2D eigenvalue weighted by Gasteiger charge is 2.30. The quantitative estimate of drug-likeness (QED) is 0.256. The summed E-state index contributed by atoms with van der Waals surface area (Å²) in [5.41, 5.74) is 11.1. The van der Waals surface area contributed by atoms with Gasteiger partial charge in [-0.15, -0.1) is 10.2 Å². The smallest absolute Gasteiger partial charge is 0.205 e. The van der Waals surface area contributed by atoms with Crippen molar-refractivity contribution in [1.29, 1.82) is 0 Å². The predicted octanol–water partition coefficient (Wildman–Crippen LogP) is 6.67. The molecule has 1 aliphatic carbocycles. The summed E-state index contributed by atoms with van der Waals surface area (Å²) in [6.45, 7) is 2.93. The van der Waals surface area contributed by atoms with Gasteiger partial charge in [0.25, 0.3) is 0 Å². The van der Waals surface area contributed by atoms with Crippen LogP contribution in [0.25, 0.3) is 56.0 Å². The molecule has 1 N–H and O–H groups in total. The lowest BCUT2D eigenvalue weighted by molar-refractivity contribution is 0.747. The molecule has 0 spiro atoms. The molecule has 0 bridgehead atoms. The first-order chi connectivity index (χ1) is 20.1. The van der Waals surface area contributed by atoms with E-state index in [1.165, 1.54) is 35.3 Å². The van der Waals surface area contributed by atoms with E-state index in [1.807, 2.05) is 24.3 Å². The topological polar surface area (TPSA) is 90.1 Å². The number of H-pyrrole nitrogens is 1. The SMILES string of the molecule is Cc1cc(-c2nc3ccccc3n2C)cc2c1nc(C1CC1)n2Cc1ccc(-c2ccccc2-c2nn[nH]n2)cc1. The lowest BCUT2D eigenvalue weighted by atomic mass is 9.98. The molecule has 0 unspecified atom stereocenters. The Balaban J connectivity index is 1.20. The Morgan fingerprint density at radius 2 is 1.61 bits per heavy atom. The number of nitrogens with one attached hydrogen (secondary N) is 1. The number of imidazole rings is 2. The first-order valence-corrected chi connectivity index (χ1v) is 14.0. The van der Waals surface area contributed by atoms with Gasteiger partial charge < -0.3 is 9.13 Å². The van der Waals surface area contributed by atoms with Gasteiger partial charge >= 0.3 is 0 Å². The van der Waals surface area contributed by atoms with Gasteiger partial charge in [0.05, 0.1) is 22.1 Å². The van der Waals surface area contributed by atoms with E-state index in [0.29, 0.717) is 11.7 Å². The van der Waals surface area contributed by atoms with Crippen LogP contribution >= 0.6 is 0 Å². The standard InChI is InChI=1S/C33H28N8/c1-20-17-24(32-34-27-9-5-6-10-28(27)40(32)2)18-29-30(20)35-33(23-15-16-23)41(29)19-21-11-13-22(14-12-21)25-7-3-4-8-26(25)31-36-38-39-37-31/h3-14,17-18,23H,15-16,19H2,1-2H3,(H,36,37,38,39). The van der Waals surface area contributed by atoms with Gasteiger partial charge in [-0.3, -0.25) is 0 Å². The van der Waals surface area contributed by atoms with Gasteiger partial charge in [0, 0.05) is 30.6 Å². The number of nitrogens with zero attached hydrogens (tertiary/aromatic N) is 7. The van der Waals surface area contributed by atoms with E-state index in [-0.39, 0.29) is 0 Å². The minimum atomic E-state index is 0.530. The maximum absolute atomic E-state index is 5.19. The Hall–Kier alpha value is -5.11. The number of fused-ring (bicyclic) bond motifs is 2. The molecule has 0 radical (unpaired) electrons. The van der Waals surface area contributed by atoms with Crippen LogP contribution in [-0.2, 0) is 13.6 Å². The van der Waals surface area contributed by atoms with Crippen molar-refractivity contribution in [2.75, 3.05) is 0 Å². The molecular formula is C33H28N8. The zero-order valence-electron chi connectivity index (χ0n) is 22.9. The van der Waals surface area contributed by atoms with E-state index in [4.69, 9.17) is 9.97 Å². The predicted molar refractivity (Wildman–Crippen MR) is 160 cm³/mol. The van der Waals surface area contributed by atoms with Gasteiger partial charge in [-0.2, -0.15) is 5.21 Å². The number of hydrogen-bond acceptors (Lipinski definition) is 5. The third-order valence-corrected chi connectivity index (χ3v) is 8.18. The van der Waals surface area contributed by atoms with Crippen molar-refractivity contribution >= 4 is 22.1 Å². The first kappa shape index (κ1) is 23.7. The van der Waals surface area contributed by atoms with Crippen LogP contribution in [0.2, 0.25) is 0 Å². The highest BCUT2D eigenvalue weighted by Crippen LogP contribution is 2.42. The van der Waals surface area contributed by atoms with Crippen LogP contribution in [0.4, 0.5) is 0 Å². The summed E-state index contributed by atoms with van der Waals surface area (Å²) in [6, 6.07) is 29.8. The Kier molecular flexibility index (Phi) is 5.35. The van der Waals surface area contributed by atoms with Gasteiger partial charge in [0.2, 0.25) is 5.82 Å². The normalized spacial score (nSPS) is 13.4. The minimum Gasteiger partial charge on any atom is -0.327 e. The number of aromatic amines is 1. The number of hydrogen-bond donors (Lipinski definition) is 1. The van der Waals surface area contributed by atoms with Gasteiger partial charge in [0.1, 0.15) is 11.6 Å². The van der Waals surface area contributed by atoms with Crippen molar-refractivity contribution in [3.63, 3.8) is 0 Å². The number of aromatic nitrogens is 8. The van der Waals surface area contributed by atoms with Crippen molar-refractivity contribution in [3.8, 4) is 33.9 Å². The molecule has 8 nitrogen and oxygen atoms in total. The molecular weight excluding hydrogens is 508 g/mol. The van der Waals surface area contributed by atoms with Crippen LogP contribution in [0.15, 0.2) is 84.9 Å². The number of tetrazole rings is 1. The van der Waals surface area contributed by atoms with Crippen molar-refractivity contribution in [1.82, 2.24) is 39.7 Å². The summed E-state index contributed by atoms with van der Waals surface area (Å²) in [7, 11) is 2.09. The number of rotatable bonds is 6. The second-order valence-corrected chi connectivity index (χ2v) is 11.0. The van der Waals surface area contributed by atoms with Crippen LogP contribution in [0.5, 0.6) is 0 Å². The van der Waals surface area contributed by atoms with Gasteiger partial charge in [-0.1, -0.05) is 60.7 Å². The number of aryl methyl sites for hydroxylation is 2. The second kappa shape index (κ2) is 9.23. The average Bonchev–Trinajstić information content (AvgIpc) is 3.41. The molecule has 3 aromatic heterocycles. The zero-order chi connectivity index (χ0) is 27.5. The molecule has 8 rings (SSSR count). The fourth-order valence-electron chi connectivity index (χ4n) is 5.94. The highest BCUT2D eigenvalue weighted by molar-refractivity contribution is 5.87. The zero-order valence-corrected chi connectivity index (χ0v) is 22.9. The van der Waals surface area contributed by atoms with Crippen LogP contribution in [0, 0.1) is 6.92 Å². The molecule has 4 aromatic carbocycles. The monoisotopic (exact) mass is 536 g/mol. The summed E-state index contributed by atoms with van der Waals surface area (Å²) >= 11 is 0. The summed E-state index contributed by atoms with van der Waals surface area (Å²) in [5.74, 6) is 3.29. The average molecular weight is 537 g/mol. The van der Waals surface area contributed by atoms with E-state index >= 15 is 0 Å². The molecule has 8 heteroatoms. The molecule has 0 aliphatic heterocycles. The van der Waals surface area contributed by atoms with Crippen molar-refractivity contribution in [2.24, 2.45) is 7.05 Å². The van der Waals surface area contributed by atoms with Crippen LogP contribution in [0.3, 0.4) is 0 Å². The van der Waals surface area contributed by atoms with E-state index in [9.17, 15) is 0 Å². The van der Waals surface area contributed by atoms with Crippen LogP contribution in [-0.4, -0.2) is 39.7 Å². The summed E-state index contributed by atoms with van der Waals surface area (Å²) < 4.78 is 4.61. The van der Waals surface area contributed by atoms with E-state index < -0.39 is 0 Å². The molecule has 200 valence electrons. The first-order valence-electron chi connectivity index (χ1n) is 14.0.